The maximum Gasteiger partial charge on any atom is 0.329 e. The van der Waals surface area contributed by atoms with Gasteiger partial charge in [0.15, 0.2) is 5.76 Å². The van der Waals surface area contributed by atoms with Crippen molar-refractivity contribution in [3.63, 3.8) is 0 Å². The topological polar surface area (TPSA) is 75.4 Å². The smallest absolute Gasteiger partial charge is 0.329 e. The Balaban J connectivity index is 1.61. The van der Waals surface area contributed by atoms with Crippen LogP contribution in [0.5, 0.6) is 0 Å². The van der Waals surface area contributed by atoms with Gasteiger partial charge >= 0.3 is 6.03 Å². The van der Waals surface area contributed by atoms with Crippen LogP contribution < -0.4 is 10.2 Å². The minimum Gasteiger partial charge on any atom is -0.359 e. The molecule has 1 fully saturated rings. The number of imide groups is 1. The molecule has 0 spiro atoms. The van der Waals surface area contributed by atoms with Crippen molar-refractivity contribution in [1.82, 2.24) is 10.5 Å². The Hall–Kier alpha value is -3.15. The molecule has 0 aliphatic carbocycles. The second-order valence-electron chi connectivity index (χ2n) is 6.23. The first kappa shape index (κ1) is 15.4. The molecular weight excluding hydrogens is 318 g/mol. The summed E-state index contributed by atoms with van der Waals surface area (Å²) in [5.41, 5.74) is 1.95. The lowest BCUT2D eigenvalue weighted by atomic mass is 10.0. The number of nitrogens with zero attached hydrogens (tertiary/aromatic N) is 2. The van der Waals surface area contributed by atoms with Gasteiger partial charge in [-0.2, -0.15) is 0 Å². The van der Waals surface area contributed by atoms with E-state index in [4.69, 9.17) is 4.52 Å². The molecule has 1 aliphatic rings. The molecule has 1 aromatic heterocycles. The summed E-state index contributed by atoms with van der Waals surface area (Å²) in [6, 6.07) is 13.1. The summed E-state index contributed by atoms with van der Waals surface area (Å²) in [7, 11) is 0. The van der Waals surface area contributed by atoms with Crippen LogP contribution in [0, 0.1) is 13.8 Å². The zero-order chi connectivity index (χ0) is 17.6. The van der Waals surface area contributed by atoms with E-state index < -0.39 is 12.1 Å². The molecule has 0 bridgehead atoms. The number of rotatable bonds is 3. The van der Waals surface area contributed by atoms with Crippen molar-refractivity contribution in [2.45, 2.75) is 26.3 Å². The van der Waals surface area contributed by atoms with Crippen LogP contribution >= 0.6 is 0 Å². The fourth-order valence-corrected chi connectivity index (χ4v) is 3.28. The standard InChI is InChI=1S/C19H17N3O3/c1-11-17(12(2)25-21-11)22-18(23)16(20-19(22)24)10-13-7-8-14-5-3-4-6-15(14)9-13/h3-9,16H,10H2,1-2H3,(H,20,24). The monoisotopic (exact) mass is 335 g/mol. The second-order valence-corrected chi connectivity index (χ2v) is 6.23. The number of hydrogen-bond acceptors (Lipinski definition) is 4. The van der Waals surface area contributed by atoms with Crippen molar-refractivity contribution < 1.29 is 14.1 Å². The first-order valence-corrected chi connectivity index (χ1v) is 8.09. The molecule has 2 aromatic carbocycles. The number of carbonyl (C=O) groups excluding carboxylic acids is 2. The third-order valence-electron chi connectivity index (χ3n) is 4.49. The predicted molar refractivity (Wildman–Crippen MR) is 93.4 cm³/mol. The van der Waals surface area contributed by atoms with E-state index in [1.807, 2.05) is 42.5 Å². The minimum atomic E-state index is -0.595. The van der Waals surface area contributed by atoms with Crippen LogP contribution in [0.25, 0.3) is 10.8 Å². The molecule has 3 amide bonds. The Labute approximate surface area is 144 Å². The van der Waals surface area contributed by atoms with Crippen LogP contribution in [0.15, 0.2) is 47.0 Å². The summed E-state index contributed by atoms with van der Waals surface area (Å²) in [5, 5.41) is 8.84. The summed E-state index contributed by atoms with van der Waals surface area (Å²) in [4.78, 5) is 26.2. The molecule has 25 heavy (non-hydrogen) atoms. The summed E-state index contributed by atoms with van der Waals surface area (Å²) in [5.74, 6) is 0.167. The van der Waals surface area contributed by atoms with Gasteiger partial charge < -0.3 is 9.84 Å². The van der Waals surface area contributed by atoms with Gasteiger partial charge in [0.1, 0.15) is 17.4 Å². The quantitative estimate of drug-likeness (QED) is 0.746. The third kappa shape index (κ3) is 2.55. The highest BCUT2D eigenvalue weighted by atomic mass is 16.5. The first-order chi connectivity index (χ1) is 12.0. The highest BCUT2D eigenvalue weighted by Gasteiger charge is 2.41. The lowest BCUT2D eigenvalue weighted by Crippen LogP contribution is -2.33. The summed E-state index contributed by atoms with van der Waals surface area (Å²) >= 11 is 0. The van der Waals surface area contributed by atoms with Crippen molar-refractivity contribution >= 4 is 28.4 Å². The predicted octanol–water partition coefficient (Wildman–Crippen LogP) is 3.11. The summed E-state index contributed by atoms with van der Waals surface area (Å²) < 4.78 is 5.08. The average Bonchev–Trinajstić information content (AvgIpc) is 3.06. The van der Waals surface area contributed by atoms with Crippen LogP contribution in [0.1, 0.15) is 17.0 Å². The number of benzene rings is 2. The lowest BCUT2D eigenvalue weighted by Gasteiger charge is -2.12. The second kappa shape index (κ2) is 5.73. The Kier molecular flexibility index (Phi) is 3.53. The molecular formula is C19H17N3O3. The van der Waals surface area contributed by atoms with E-state index in [0.717, 1.165) is 21.2 Å². The van der Waals surface area contributed by atoms with E-state index in [9.17, 15) is 9.59 Å². The number of urea groups is 1. The van der Waals surface area contributed by atoms with Gasteiger partial charge in [-0.15, -0.1) is 0 Å². The fraction of sp³-hybridized carbons (Fsp3) is 0.211. The number of nitrogens with one attached hydrogen (secondary N) is 1. The molecule has 2 heterocycles. The van der Waals surface area contributed by atoms with Gasteiger partial charge in [0.2, 0.25) is 0 Å². The Morgan fingerprint density at radius 1 is 1.12 bits per heavy atom. The van der Waals surface area contributed by atoms with E-state index in [1.54, 1.807) is 13.8 Å². The number of aryl methyl sites for hydroxylation is 2. The van der Waals surface area contributed by atoms with Crippen molar-refractivity contribution in [1.29, 1.82) is 0 Å². The van der Waals surface area contributed by atoms with Crippen LogP contribution in [0.4, 0.5) is 10.5 Å². The molecule has 6 heteroatoms. The minimum absolute atomic E-state index is 0.285. The van der Waals surface area contributed by atoms with Gasteiger partial charge in [0.05, 0.1) is 0 Å². The zero-order valence-corrected chi connectivity index (χ0v) is 13.9. The van der Waals surface area contributed by atoms with E-state index in [1.165, 1.54) is 0 Å². The van der Waals surface area contributed by atoms with Gasteiger partial charge in [-0.3, -0.25) is 4.79 Å². The Bertz CT molecular complexity index is 973. The number of amides is 3. The molecule has 1 aliphatic heterocycles. The number of aromatic nitrogens is 1. The molecule has 1 saturated heterocycles. The lowest BCUT2D eigenvalue weighted by molar-refractivity contribution is -0.118. The van der Waals surface area contributed by atoms with Gasteiger partial charge in [0.25, 0.3) is 5.91 Å². The van der Waals surface area contributed by atoms with Gasteiger partial charge in [-0.1, -0.05) is 47.6 Å². The highest BCUT2D eigenvalue weighted by molar-refractivity contribution is 6.21. The number of carbonyl (C=O) groups is 2. The SMILES string of the molecule is Cc1noc(C)c1N1C(=O)NC(Cc2ccc3ccccc3c2)C1=O. The van der Waals surface area contributed by atoms with Crippen molar-refractivity contribution in [2.24, 2.45) is 0 Å². The maximum absolute atomic E-state index is 12.8. The molecule has 0 saturated carbocycles. The maximum atomic E-state index is 12.8. The molecule has 3 aromatic rings. The van der Waals surface area contributed by atoms with Gasteiger partial charge in [0, 0.05) is 6.42 Å². The van der Waals surface area contributed by atoms with Crippen molar-refractivity contribution in [3.05, 3.63) is 59.5 Å². The fourth-order valence-electron chi connectivity index (χ4n) is 3.28. The van der Waals surface area contributed by atoms with E-state index in [-0.39, 0.29) is 5.91 Å². The van der Waals surface area contributed by atoms with Crippen LogP contribution in [-0.2, 0) is 11.2 Å². The number of anilines is 1. The van der Waals surface area contributed by atoms with Crippen molar-refractivity contribution in [2.75, 3.05) is 4.90 Å². The number of hydrogen-bond donors (Lipinski definition) is 1. The molecule has 6 nitrogen and oxygen atoms in total. The summed E-state index contributed by atoms with van der Waals surface area (Å²) in [6.07, 6.45) is 0.440. The number of fused-ring (bicyclic) bond motifs is 1. The Morgan fingerprint density at radius 2 is 1.88 bits per heavy atom. The van der Waals surface area contributed by atoms with Crippen LogP contribution in [-0.4, -0.2) is 23.1 Å². The van der Waals surface area contributed by atoms with Gasteiger partial charge in [-0.05, 0) is 30.2 Å². The third-order valence-corrected chi connectivity index (χ3v) is 4.49. The first-order valence-electron chi connectivity index (χ1n) is 8.09. The van der Waals surface area contributed by atoms with E-state index >= 15 is 0 Å². The molecule has 4 rings (SSSR count). The van der Waals surface area contributed by atoms with Gasteiger partial charge in [-0.25, -0.2) is 9.69 Å². The molecule has 0 radical (unpaired) electrons. The van der Waals surface area contributed by atoms with Crippen LogP contribution in [0.3, 0.4) is 0 Å². The Morgan fingerprint density at radius 3 is 2.60 bits per heavy atom. The molecule has 1 atom stereocenters. The van der Waals surface area contributed by atoms with Crippen LogP contribution in [0.2, 0.25) is 0 Å². The molecule has 126 valence electrons. The highest BCUT2D eigenvalue weighted by Crippen LogP contribution is 2.28. The van der Waals surface area contributed by atoms with E-state index in [2.05, 4.69) is 10.5 Å². The normalized spacial score (nSPS) is 17.4. The summed E-state index contributed by atoms with van der Waals surface area (Å²) in [6.45, 7) is 3.40. The largest absolute Gasteiger partial charge is 0.359 e. The van der Waals surface area contributed by atoms with E-state index in [0.29, 0.717) is 23.6 Å². The zero-order valence-electron chi connectivity index (χ0n) is 13.9. The molecule has 1 unspecified atom stereocenters. The average molecular weight is 335 g/mol. The molecule has 1 N–H and O–H groups in total. The van der Waals surface area contributed by atoms with Crippen molar-refractivity contribution in [3.8, 4) is 0 Å².